The molecule has 1 amide bonds. The number of carbonyl (C=O) groups is 1. The average molecular weight is 382 g/mol. The highest BCUT2D eigenvalue weighted by Crippen LogP contribution is 2.32. The molecule has 0 radical (unpaired) electrons. The summed E-state index contributed by atoms with van der Waals surface area (Å²) in [5.74, 6) is 0.634. The Labute approximate surface area is 159 Å². The largest absolute Gasteiger partial charge is 0.454 e. The summed E-state index contributed by atoms with van der Waals surface area (Å²) in [6, 6.07) is 8.94. The third kappa shape index (κ3) is 3.54. The Morgan fingerprint density at radius 2 is 1.93 bits per heavy atom. The summed E-state index contributed by atoms with van der Waals surface area (Å²) in [6.07, 6.45) is 4.90. The summed E-state index contributed by atoms with van der Waals surface area (Å²) in [6.45, 7) is 1.08. The van der Waals surface area contributed by atoms with Crippen LogP contribution in [0.5, 0.6) is 11.5 Å². The molecule has 1 aromatic carbocycles. The number of ether oxygens (including phenoxy) is 2. The predicted octanol–water partition coefficient (Wildman–Crippen LogP) is 0.545. The van der Waals surface area contributed by atoms with Crippen LogP contribution in [0.15, 0.2) is 58.5 Å². The Morgan fingerprint density at radius 3 is 2.75 bits per heavy atom. The molecule has 3 aromatic rings. The van der Waals surface area contributed by atoms with Crippen molar-refractivity contribution in [2.24, 2.45) is 0 Å². The first kappa shape index (κ1) is 17.7. The molecule has 0 saturated heterocycles. The molecule has 0 aliphatic carbocycles. The standard InChI is InChI=1S/C19H18N4O5/c24-17(20-5-8-22-6-1-2-7-22)14-10-21-19(26)23(18(14)25)11-13-3-4-15-16(9-13)28-12-27-15/h1-4,6-7,9-10H,5,8,11-12H2,(H,20,24)(H,21,26). The lowest BCUT2D eigenvalue weighted by Crippen LogP contribution is -2.41. The lowest BCUT2D eigenvalue weighted by molar-refractivity contribution is 0.0949. The van der Waals surface area contributed by atoms with E-state index in [1.165, 1.54) is 0 Å². The van der Waals surface area contributed by atoms with Crippen LogP contribution in [0.25, 0.3) is 0 Å². The van der Waals surface area contributed by atoms with Crippen molar-refractivity contribution in [3.05, 3.63) is 80.9 Å². The van der Waals surface area contributed by atoms with E-state index in [2.05, 4.69) is 10.3 Å². The number of hydrogen-bond acceptors (Lipinski definition) is 5. The van der Waals surface area contributed by atoms with Crippen molar-refractivity contribution < 1.29 is 14.3 Å². The highest BCUT2D eigenvalue weighted by molar-refractivity contribution is 5.93. The van der Waals surface area contributed by atoms with Gasteiger partial charge < -0.3 is 24.3 Å². The van der Waals surface area contributed by atoms with E-state index in [1.54, 1.807) is 18.2 Å². The summed E-state index contributed by atoms with van der Waals surface area (Å²) in [4.78, 5) is 39.6. The molecule has 144 valence electrons. The maximum absolute atomic E-state index is 12.7. The van der Waals surface area contributed by atoms with Crippen molar-refractivity contribution in [1.29, 1.82) is 0 Å². The van der Waals surface area contributed by atoms with Gasteiger partial charge in [0, 0.05) is 31.7 Å². The number of rotatable bonds is 6. The lowest BCUT2D eigenvalue weighted by atomic mass is 10.2. The zero-order valence-electron chi connectivity index (χ0n) is 14.9. The van der Waals surface area contributed by atoms with E-state index < -0.39 is 17.2 Å². The van der Waals surface area contributed by atoms with E-state index >= 15 is 0 Å². The number of fused-ring (bicyclic) bond motifs is 1. The second kappa shape index (κ2) is 7.47. The fourth-order valence-electron chi connectivity index (χ4n) is 2.95. The number of nitrogens with zero attached hydrogens (tertiary/aromatic N) is 2. The number of nitrogens with one attached hydrogen (secondary N) is 2. The number of carbonyl (C=O) groups excluding carboxylic acids is 1. The molecule has 0 saturated carbocycles. The van der Waals surface area contributed by atoms with Crippen LogP contribution < -0.4 is 26.0 Å². The molecule has 9 nitrogen and oxygen atoms in total. The molecule has 2 aromatic heterocycles. The maximum atomic E-state index is 12.7. The van der Waals surface area contributed by atoms with Gasteiger partial charge in [-0.1, -0.05) is 6.07 Å². The fraction of sp³-hybridized carbons (Fsp3) is 0.211. The predicted molar refractivity (Wildman–Crippen MR) is 99.8 cm³/mol. The Balaban J connectivity index is 1.51. The van der Waals surface area contributed by atoms with Crippen molar-refractivity contribution in [3.8, 4) is 11.5 Å². The second-order valence-corrected chi connectivity index (χ2v) is 6.26. The Morgan fingerprint density at radius 1 is 1.14 bits per heavy atom. The lowest BCUT2D eigenvalue weighted by Gasteiger charge is -2.09. The van der Waals surface area contributed by atoms with Crippen molar-refractivity contribution in [2.45, 2.75) is 13.1 Å². The molecular formula is C19H18N4O5. The van der Waals surface area contributed by atoms with Crippen molar-refractivity contribution >= 4 is 5.91 Å². The first-order chi connectivity index (χ1) is 13.6. The van der Waals surface area contributed by atoms with Gasteiger partial charge in [0.1, 0.15) is 5.56 Å². The van der Waals surface area contributed by atoms with E-state index in [0.29, 0.717) is 30.2 Å². The third-order valence-corrected chi connectivity index (χ3v) is 4.40. The Kier molecular flexibility index (Phi) is 4.71. The Hall–Kier alpha value is -3.75. The zero-order valence-corrected chi connectivity index (χ0v) is 14.9. The van der Waals surface area contributed by atoms with Gasteiger partial charge in [0.05, 0.1) is 6.54 Å². The van der Waals surface area contributed by atoms with Crippen LogP contribution in [-0.4, -0.2) is 33.4 Å². The number of benzene rings is 1. The first-order valence-corrected chi connectivity index (χ1v) is 8.72. The van der Waals surface area contributed by atoms with E-state index in [1.807, 2.05) is 29.1 Å². The summed E-state index contributed by atoms with van der Waals surface area (Å²) in [7, 11) is 0. The molecule has 2 N–H and O–H groups in total. The highest BCUT2D eigenvalue weighted by Gasteiger charge is 2.17. The molecule has 1 aliphatic rings. The van der Waals surface area contributed by atoms with Gasteiger partial charge in [-0.05, 0) is 29.8 Å². The molecule has 1 aliphatic heterocycles. The molecular weight excluding hydrogens is 364 g/mol. The first-order valence-electron chi connectivity index (χ1n) is 8.72. The van der Waals surface area contributed by atoms with Crippen molar-refractivity contribution in [1.82, 2.24) is 19.4 Å². The zero-order chi connectivity index (χ0) is 19.5. The quantitative estimate of drug-likeness (QED) is 0.647. The highest BCUT2D eigenvalue weighted by atomic mass is 16.7. The van der Waals surface area contributed by atoms with Crippen LogP contribution >= 0.6 is 0 Å². The van der Waals surface area contributed by atoms with Gasteiger partial charge >= 0.3 is 5.69 Å². The van der Waals surface area contributed by atoms with Crippen molar-refractivity contribution in [2.75, 3.05) is 13.3 Å². The monoisotopic (exact) mass is 382 g/mol. The van der Waals surface area contributed by atoms with E-state index in [0.717, 1.165) is 10.8 Å². The van der Waals surface area contributed by atoms with Crippen LogP contribution in [0.1, 0.15) is 15.9 Å². The smallest absolute Gasteiger partial charge is 0.328 e. The van der Waals surface area contributed by atoms with Gasteiger partial charge in [-0.3, -0.25) is 14.2 Å². The van der Waals surface area contributed by atoms with Crippen LogP contribution in [0.3, 0.4) is 0 Å². The van der Waals surface area contributed by atoms with Crippen LogP contribution in [0.2, 0.25) is 0 Å². The molecule has 4 rings (SSSR count). The topological polar surface area (TPSA) is 107 Å². The minimum Gasteiger partial charge on any atom is -0.454 e. The van der Waals surface area contributed by atoms with Crippen LogP contribution in [0, 0.1) is 0 Å². The van der Waals surface area contributed by atoms with E-state index in [9.17, 15) is 14.4 Å². The number of amides is 1. The van der Waals surface area contributed by atoms with Gasteiger partial charge in [0.2, 0.25) is 6.79 Å². The molecule has 9 heteroatoms. The number of aromatic nitrogens is 3. The molecule has 3 heterocycles. The van der Waals surface area contributed by atoms with E-state index in [4.69, 9.17) is 9.47 Å². The van der Waals surface area contributed by atoms with Gasteiger partial charge in [-0.2, -0.15) is 0 Å². The van der Waals surface area contributed by atoms with E-state index in [-0.39, 0.29) is 18.9 Å². The number of H-pyrrole nitrogens is 1. The number of hydrogen-bond donors (Lipinski definition) is 2. The van der Waals surface area contributed by atoms with Crippen molar-refractivity contribution in [3.63, 3.8) is 0 Å². The van der Waals surface area contributed by atoms with Gasteiger partial charge in [-0.15, -0.1) is 0 Å². The normalized spacial score (nSPS) is 12.1. The summed E-state index contributed by atoms with van der Waals surface area (Å²) >= 11 is 0. The SMILES string of the molecule is O=C(NCCn1cccc1)c1c[nH]c(=O)n(Cc2ccc3c(c2)OCO3)c1=O. The van der Waals surface area contributed by atoms with Crippen LogP contribution in [0.4, 0.5) is 0 Å². The molecule has 0 bridgehead atoms. The van der Waals surface area contributed by atoms with Gasteiger partial charge in [-0.25, -0.2) is 4.79 Å². The number of aromatic amines is 1. The molecule has 0 atom stereocenters. The summed E-state index contributed by atoms with van der Waals surface area (Å²) in [5, 5.41) is 2.69. The third-order valence-electron chi connectivity index (χ3n) is 4.40. The maximum Gasteiger partial charge on any atom is 0.328 e. The fourth-order valence-corrected chi connectivity index (χ4v) is 2.95. The molecule has 0 spiro atoms. The van der Waals surface area contributed by atoms with Gasteiger partial charge in [0.25, 0.3) is 11.5 Å². The molecule has 28 heavy (non-hydrogen) atoms. The Bertz CT molecular complexity index is 1110. The van der Waals surface area contributed by atoms with Gasteiger partial charge in [0.15, 0.2) is 11.5 Å². The minimum atomic E-state index is -0.653. The molecule has 0 unspecified atom stereocenters. The molecule has 0 fully saturated rings. The summed E-state index contributed by atoms with van der Waals surface area (Å²) < 4.78 is 13.5. The summed E-state index contributed by atoms with van der Waals surface area (Å²) in [5.41, 5.74) is -0.679. The second-order valence-electron chi connectivity index (χ2n) is 6.26. The minimum absolute atomic E-state index is 0.00922. The average Bonchev–Trinajstić information content (AvgIpc) is 3.36. The van der Waals surface area contributed by atoms with Crippen LogP contribution in [-0.2, 0) is 13.1 Å².